The molecule has 4 nitrogen and oxygen atoms in total. The van der Waals surface area contributed by atoms with Gasteiger partial charge in [-0.3, -0.25) is 0 Å². The summed E-state index contributed by atoms with van der Waals surface area (Å²) in [5.41, 5.74) is 0. The molecule has 1 saturated heterocycles. The molecule has 1 N–H and O–H groups in total. The molecule has 0 amide bonds. The van der Waals surface area contributed by atoms with Gasteiger partial charge in [0.1, 0.15) is 16.8 Å². The maximum atomic E-state index is 5.91. The van der Waals surface area contributed by atoms with E-state index in [0.717, 1.165) is 31.7 Å². The largest absolute Gasteiger partial charge is 0.376 e. The van der Waals surface area contributed by atoms with Crippen molar-refractivity contribution in [3.8, 4) is 0 Å². The van der Waals surface area contributed by atoms with Gasteiger partial charge >= 0.3 is 0 Å². The van der Waals surface area contributed by atoms with Crippen LogP contribution in [0.4, 0.5) is 5.82 Å². The van der Waals surface area contributed by atoms with E-state index in [0.29, 0.717) is 17.0 Å². The van der Waals surface area contributed by atoms with Gasteiger partial charge in [-0.2, -0.15) is 0 Å². The minimum absolute atomic E-state index is 0.286. The Morgan fingerprint density at radius 3 is 3.00 bits per heavy atom. The van der Waals surface area contributed by atoms with Gasteiger partial charge in [-0.1, -0.05) is 18.5 Å². The summed E-state index contributed by atoms with van der Waals surface area (Å²) >= 11 is 5.91. The zero-order valence-electron chi connectivity index (χ0n) is 10.2. The standard InChI is InChI=1S/C12H18ClN3O/c1-3-9(10-5-4-6-17-10)16-12-7-11(13)14-8(2)15-12/h7,9-10H,3-6H2,1-2H3,(H,14,15,16). The summed E-state index contributed by atoms with van der Waals surface area (Å²) in [6, 6.07) is 2.05. The zero-order chi connectivity index (χ0) is 12.3. The number of nitrogens with one attached hydrogen (secondary N) is 1. The van der Waals surface area contributed by atoms with Gasteiger partial charge < -0.3 is 10.1 Å². The first-order valence-electron chi connectivity index (χ1n) is 6.08. The maximum absolute atomic E-state index is 5.91. The number of aryl methyl sites for hydroxylation is 1. The van der Waals surface area contributed by atoms with Crippen LogP contribution in [0.2, 0.25) is 5.15 Å². The minimum atomic E-state index is 0.286. The highest BCUT2D eigenvalue weighted by atomic mass is 35.5. The molecule has 1 aromatic heterocycles. The fraction of sp³-hybridized carbons (Fsp3) is 0.667. The summed E-state index contributed by atoms with van der Waals surface area (Å²) in [6.45, 7) is 4.85. The first kappa shape index (κ1) is 12.6. The van der Waals surface area contributed by atoms with Crippen molar-refractivity contribution >= 4 is 17.4 Å². The van der Waals surface area contributed by atoms with Crippen molar-refractivity contribution in [3.05, 3.63) is 17.0 Å². The highest BCUT2D eigenvalue weighted by Crippen LogP contribution is 2.21. The van der Waals surface area contributed by atoms with Crippen LogP contribution in [0.25, 0.3) is 0 Å². The topological polar surface area (TPSA) is 47.0 Å². The predicted octanol–water partition coefficient (Wildman–Crippen LogP) is 2.81. The Kier molecular flexibility index (Phi) is 4.18. The van der Waals surface area contributed by atoms with Crippen molar-refractivity contribution in [2.45, 2.75) is 45.3 Å². The van der Waals surface area contributed by atoms with Crippen LogP contribution in [0.1, 0.15) is 32.0 Å². The van der Waals surface area contributed by atoms with Crippen molar-refractivity contribution in [1.82, 2.24) is 9.97 Å². The molecule has 2 heterocycles. The van der Waals surface area contributed by atoms with E-state index in [1.165, 1.54) is 0 Å². The first-order valence-corrected chi connectivity index (χ1v) is 6.46. The molecule has 1 aliphatic heterocycles. The summed E-state index contributed by atoms with van der Waals surface area (Å²) in [6.07, 6.45) is 3.55. The average Bonchev–Trinajstić information content (AvgIpc) is 2.77. The van der Waals surface area contributed by atoms with Crippen molar-refractivity contribution in [2.75, 3.05) is 11.9 Å². The van der Waals surface area contributed by atoms with Crippen LogP contribution >= 0.6 is 11.6 Å². The first-order chi connectivity index (χ1) is 8.19. The number of halogens is 1. The normalized spacial score (nSPS) is 21.5. The molecule has 2 atom stereocenters. The van der Waals surface area contributed by atoms with Gasteiger partial charge in [-0.15, -0.1) is 0 Å². The van der Waals surface area contributed by atoms with E-state index in [1.807, 2.05) is 6.92 Å². The molecule has 0 bridgehead atoms. The van der Waals surface area contributed by atoms with Crippen LogP contribution in [0.15, 0.2) is 6.07 Å². The lowest BCUT2D eigenvalue weighted by atomic mass is 10.1. The number of nitrogens with zero attached hydrogens (tertiary/aromatic N) is 2. The molecule has 5 heteroatoms. The Morgan fingerprint density at radius 2 is 2.41 bits per heavy atom. The second-order valence-corrected chi connectivity index (χ2v) is 4.72. The summed E-state index contributed by atoms with van der Waals surface area (Å²) in [4.78, 5) is 8.38. The summed E-state index contributed by atoms with van der Waals surface area (Å²) in [5.74, 6) is 1.46. The fourth-order valence-electron chi connectivity index (χ4n) is 2.17. The van der Waals surface area contributed by atoms with E-state index in [2.05, 4.69) is 22.2 Å². The third kappa shape index (κ3) is 3.30. The third-order valence-electron chi connectivity index (χ3n) is 2.99. The number of aromatic nitrogens is 2. The van der Waals surface area contributed by atoms with Crippen LogP contribution in [-0.4, -0.2) is 28.7 Å². The molecular weight excluding hydrogens is 238 g/mol. The van der Waals surface area contributed by atoms with Gasteiger partial charge in [0.05, 0.1) is 12.1 Å². The quantitative estimate of drug-likeness (QED) is 0.841. The second kappa shape index (κ2) is 5.65. The molecule has 2 unspecified atom stereocenters. The Hall–Kier alpha value is -0.870. The molecule has 0 aliphatic carbocycles. The van der Waals surface area contributed by atoms with Crippen molar-refractivity contribution < 1.29 is 4.74 Å². The van der Waals surface area contributed by atoms with E-state index < -0.39 is 0 Å². The van der Waals surface area contributed by atoms with Crippen molar-refractivity contribution in [1.29, 1.82) is 0 Å². The van der Waals surface area contributed by atoms with Gasteiger partial charge in [0.2, 0.25) is 0 Å². The maximum Gasteiger partial charge on any atom is 0.134 e. The highest BCUT2D eigenvalue weighted by Gasteiger charge is 2.24. The van der Waals surface area contributed by atoms with Gasteiger partial charge in [-0.05, 0) is 26.2 Å². The number of ether oxygens (including phenoxy) is 1. The summed E-state index contributed by atoms with van der Waals surface area (Å²) < 4.78 is 5.70. The van der Waals surface area contributed by atoms with Crippen LogP contribution in [-0.2, 0) is 4.74 Å². The molecule has 1 fully saturated rings. The van der Waals surface area contributed by atoms with E-state index >= 15 is 0 Å². The minimum Gasteiger partial charge on any atom is -0.376 e. The zero-order valence-corrected chi connectivity index (χ0v) is 11.0. The molecule has 2 rings (SSSR count). The molecule has 0 aromatic carbocycles. The lowest BCUT2D eigenvalue weighted by molar-refractivity contribution is 0.0942. The molecule has 1 aromatic rings. The Morgan fingerprint density at radius 1 is 1.59 bits per heavy atom. The molecule has 0 saturated carbocycles. The molecule has 1 aliphatic rings. The number of hydrogen-bond donors (Lipinski definition) is 1. The van der Waals surface area contributed by atoms with Gasteiger partial charge in [0.25, 0.3) is 0 Å². The lowest BCUT2D eigenvalue weighted by Crippen LogP contribution is -2.32. The van der Waals surface area contributed by atoms with Crippen molar-refractivity contribution in [3.63, 3.8) is 0 Å². The summed E-state index contributed by atoms with van der Waals surface area (Å²) in [7, 11) is 0. The van der Waals surface area contributed by atoms with Crippen LogP contribution in [0, 0.1) is 6.92 Å². The molecule has 17 heavy (non-hydrogen) atoms. The van der Waals surface area contributed by atoms with E-state index in [1.54, 1.807) is 6.07 Å². The fourth-order valence-corrected chi connectivity index (χ4v) is 2.40. The van der Waals surface area contributed by atoms with Crippen LogP contribution < -0.4 is 5.32 Å². The van der Waals surface area contributed by atoms with E-state index in [-0.39, 0.29) is 6.10 Å². The van der Waals surface area contributed by atoms with Gasteiger partial charge in [0.15, 0.2) is 0 Å². The molecule has 94 valence electrons. The number of hydrogen-bond acceptors (Lipinski definition) is 4. The lowest BCUT2D eigenvalue weighted by Gasteiger charge is -2.23. The predicted molar refractivity (Wildman–Crippen MR) is 68.5 cm³/mol. The Balaban J connectivity index is 2.06. The average molecular weight is 256 g/mol. The van der Waals surface area contributed by atoms with Crippen molar-refractivity contribution in [2.24, 2.45) is 0 Å². The Bertz CT molecular complexity index is 360. The monoisotopic (exact) mass is 255 g/mol. The molecule has 0 spiro atoms. The third-order valence-corrected chi connectivity index (χ3v) is 3.19. The Labute approximate surface area is 107 Å². The van der Waals surface area contributed by atoms with Gasteiger partial charge in [-0.25, -0.2) is 9.97 Å². The van der Waals surface area contributed by atoms with E-state index in [9.17, 15) is 0 Å². The highest BCUT2D eigenvalue weighted by molar-refractivity contribution is 6.29. The summed E-state index contributed by atoms with van der Waals surface area (Å²) in [5, 5.41) is 3.87. The van der Waals surface area contributed by atoms with Crippen LogP contribution in [0.3, 0.4) is 0 Å². The smallest absolute Gasteiger partial charge is 0.134 e. The van der Waals surface area contributed by atoms with Crippen LogP contribution in [0.5, 0.6) is 0 Å². The SMILES string of the molecule is CCC(Nc1cc(Cl)nc(C)n1)C1CCCO1. The number of anilines is 1. The van der Waals surface area contributed by atoms with Gasteiger partial charge in [0, 0.05) is 12.7 Å². The molecule has 0 radical (unpaired) electrons. The number of rotatable bonds is 4. The second-order valence-electron chi connectivity index (χ2n) is 4.33. The van der Waals surface area contributed by atoms with E-state index in [4.69, 9.17) is 16.3 Å². The molecular formula is C12H18ClN3O.